The molecule has 0 radical (unpaired) electrons. The molecule has 1 aromatic rings. The van der Waals surface area contributed by atoms with Crippen molar-refractivity contribution in [3.8, 4) is 6.07 Å². The van der Waals surface area contributed by atoms with Gasteiger partial charge in [-0.1, -0.05) is 11.8 Å². The molecule has 5 heteroatoms. The first kappa shape index (κ1) is 10.5. The van der Waals surface area contributed by atoms with Crippen molar-refractivity contribution in [2.24, 2.45) is 5.73 Å². The topological polar surface area (TPSA) is 86.5 Å². The summed E-state index contributed by atoms with van der Waals surface area (Å²) in [6.45, 7) is 0. The van der Waals surface area contributed by atoms with E-state index >= 15 is 0 Å². The van der Waals surface area contributed by atoms with Crippen molar-refractivity contribution in [1.29, 1.82) is 10.7 Å². The molecule has 0 aromatic carbocycles. The van der Waals surface area contributed by atoms with Gasteiger partial charge < -0.3 is 5.73 Å². The highest BCUT2D eigenvalue weighted by Crippen LogP contribution is 2.11. The van der Waals surface area contributed by atoms with E-state index in [1.165, 1.54) is 11.8 Å². The summed E-state index contributed by atoms with van der Waals surface area (Å²) < 4.78 is 0. The van der Waals surface area contributed by atoms with Crippen LogP contribution in [0.5, 0.6) is 0 Å². The Morgan fingerprint density at radius 3 is 3.14 bits per heavy atom. The largest absolute Gasteiger partial charge is 0.379 e. The van der Waals surface area contributed by atoms with Gasteiger partial charge in [0.2, 0.25) is 0 Å². The van der Waals surface area contributed by atoms with Crippen LogP contribution in [0, 0.1) is 16.7 Å². The van der Waals surface area contributed by atoms with Gasteiger partial charge in [0.25, 0.3) is 0 Å². The van der Waals surface area contributed by atoms with Gasteiger partial charge in [-0.3, -0.25) is 10.4 Å². The summed E-state index contributed by atoms with van der Waals surface area (Å²) in [5, 5.41) is 15.6. The number of nitrogens with zero attached hydrogens (tertiary/aromatic N) is 2. The fourth-order valence-corrected chi connectivity index (χ4v) is 1.46. The lowest BCUT2D eigenvalue weighted by atomic mass is 10.2. The second-order valence-corrected chi connectivity index (χ2v) is 3.66. The lowest BCUT2D eigenvalue weighted by Crippen LogP contribution is -2.04. The third-order valence-electron chi connectivity index (χ3n) is 1.54. The van der Waals surface area contributed by atoms with Crippen molar-refractivity contribution < 1.29 is 0 Å². The number of hydrogen-bond donors (Lipinski definition) is 2. The van der Waals surface area contributed by atoms with Crippen LogP contribution < -0.4 is 5.73 Å². The normalized spacial score (nSPS) is 9.36. The average Bonchev–Trinajstić information content (AvgIpc) is 2.16. The average molecular weight is 206 g/mol. The predicted molar refractivity (Wildman–Crippen MR) is 56.8 cm³/mol. The van der Waals surface area contributed by atoms with Crippen LogP contribution in [0.3, 0.4) is 0 Å². The van der Waals surface area contributed by atoms with Crippen LogP contribution in [-0.4, -0.2) is 10.2 Å². The lowest BCUT2D eigenvalue weighted by molar-refractivity contribution is 1.10. The molecule has 0 bridgehead atoms. The second-order valence-electron chi connectivity index (χ2n) is 2.64. The minimum absolute atomic E-state index is 0.101. The molecule has 0 unspecified atom stereocenters. The Balaban J connectivity index is 2.64. The SMILES string of the molecule is N#CCc1cc(CSC(=N)N)ccn1. The number of aromatic nitrogens is 1. The molecule has 0 atom stereocenters. The van der Waals surface area contributed by atoms with Gasteiger partial charge >= 0.3 is 0 Å². The maximum Gasteiger partial charge on any atom is 0.151 e. The van der Waals surface area contributed by atoms with Crippen molar-refractivity contribution in [1.82, 2.24) is 4.98 Å². The number of pyridine rings is 1. The number of nitriles is 1. The molecule has 1 heterocycles. The first-order valence-electron chi connectivity index (χ1n) is 4.00. The summed E-state index contributed by atoms with van der Waals surface area (Å²) in [7, 11) is 0. The maximum atomic E-state index is 8.48. The molecular formula is C9H10N4S. The number of amidine groups is 1. The minimum atomic E-state index is 0.101. The van der Waals surface area contributed by atoms with Crippen LogP contribution in [0.15, 0.2) is 18.3 Å². The Morgan fingerprint density at radius 1 is 1.71 bits per heavy atom. The molecule has 0 saturated heterocycles. The number of nitrogens with one attached hydrogen (secondary N) is 1. The van der Waals surface area contributed by atoms with E-state index in [1.54, 1.807) is 6.20 Å². The van der Waals surface area contributed by atoms with Crippen LogP contribution in [0.1, 0.15) is 11.3 Å². The molecule has 0 aliphatic heterocycles. The molecule has 3 N–H and O–H groups in total. The molecule has 0 spiro atoms. The van der Waals surface area contributed by atoms with Gasteiger partial charge in [-0.2, -0.15) is 5.26 Å². The fourth-order valence-electron chi connectivity index (χ4n) is 0.957. The molecule has 0 fully saturated rings. The van der Waals surface area contributed by atoms with Gasteiger partial charge in [0, 0.05) is 11.9 Å². The van der Waals surface area contributed by atoms with Gasteiger partial charge in [-0.05, 0) is 17.7 Å². The molecule has 4 nitrogen and oxygen atoms in total. The van der Waals surface area contributed by atoms with E-state index in [4.69, 9.17) is 16.4 Å². The van der Waals surface area contributed by atoms with E-state index in [9.17, 15) is 0 Å². The summed E-state index contributed by atoms with van der Waals surface area (Å²) >= 11 is 1.26. The van der Waals surface area contributed by atoms with E-state index in [1.807, 2.05) is 18.2 Å². The maximum absolute atomic E-state index is 8.48. The van der Waals surface area contributed by atoms with E-state index in [2.05, 4.69) is 4.98 Å². The molecule has 0 aliphatic rings. The molecule has 1 aromatic heterocycles. The highest BCUT2D eigenvalue weighted by molar-refractivity contribution is 8.13. The number of hydrogen-bond acceptors (Lipinski definition) is 4. The molecule has 1 rings (SSSR count). The quantitative estimate of drug-likeness (QED) is 0.576. The summed E-state index contributed by atoms with van der Waals surface area (Å²) in [5.74, 6) is 0.649. The Kier molecular flexibility index (Phi) is 3.95. The lowest BCUT2D eigenvalue weighted by Gasteiger charge is -2.00. The van der Waals surface area contributed by atoms with Crippen molar-refractivity contribution in [3.63, 3.8) is 0 Å². The number of thioether (sulfide) groups is 1. The zero-order chi connectivity index (χ0) is 10.4. The summed E-state index contributed by atoms with van der Waals surface area (Å²) in [6.07, 6.45) is 1.99. The molecular weight excluding hydrogens is 196 g/mol. The standard InChI is InChI=1S/C9H10N4S/c10-3-1-8-5-7(2-4-13-8)6-14-9(11)12/h2,4-5H,1,6H2,(H3,11,12). The minimum Gasteiger partial charge on any atom is -0.379 e. The molecule has 0 aliphatic carbocycles. The van der Waals surface area contributed by atoms with Crippen LogP contribution in [0.4, 0.5) is 0 Å². The third-order valence-corrected chi connectivity index (χ3v) is 2.32. The van der Waals surface area contributed by atoms with E-state index in [0.29, 0.717) is 12.2 Å². The Hall–Kier alpha value is -1.54. The van der Waals surface area contributed by atoms with Crippen molar-refractivity contribution in [2.75, 3.05) is 0 Å². The first-order chi connectivity index (χ1) is 6.72. The summed E-state index contributed by atoms with van der Waals surface area (Å²) in [5.41, 5.74) is 7.01. The highest BCUT2D eigenvalue weighted by Gasteiger charge is 1.98. The van der Waals surface area contributed by atoms with Crippen LogP contribution >= 0.6 is 11.8 Å². The Morgan fingerprint density at radius 2 is 2.50 bits per heavy atom. The molecule has 14 heavy (non-hydrogen) atoms. The van der Waals surface area contributed by atoms with Crippen LogP contribution in [0.25, 0.3) is 0 Å². The molecule has 0 saturated carbocycles. The van der Waals surface area contributed by atoms with Gasteiger partial charge in [-0.15, -0.1) is 0 Å². The summed E-state index contributed by atoms with van der Waals surface area (Å²) in [6, 6.07) is 5.76. The van der Waals surface area contributed by atoms with Gasteiger partial charge in [0.05, 0.1) is 18.2 Å². The zero-order valence-electron chi connectivity index (χ0n) is 7.53. The van der Waals surface area contributed by atoms with E-state index < -0.39 is 0 Å². The fraction of sp³-hybridized carbons (Fsp3) is 0.222. The van der Waals surface area contributed by atoms with E-state index in [0.717, 1.165) is 11.3 Å². The monoisotopic (exact) mass is 206 g/mol. The van der Waals surface area contributed by atoms with Crippen molar-refractivity contribution >= 4 is 16.9 Å². The first-order valence-corrected chi connectivity index (χ1v) is 4.98. The highest BCUT2D eigenvalue weighted by atomic mass is 32.2. The van der Waals surface area contributed by atoms with E-state index in [-0.39, 0.29) is 5.17 Å². The number of nitrogens with two attached hydrogens (primary N) is 1. The van der Waals surface area contributed by atoms with Crippen molar-refractivity contribution in [3.05, 3.63) is 29.6 Å². The molecule has 72 valence electrons. The third kappa shape index (κ3) is 3.46. The zero-order valence-corrected chi connectivity index (χ0v) is 8.34. The van der Waals surface area contributed by atoms with Gasteiger partial charge in [0.15, 0.2) is 5.17 Å². The second kappa shape index (κ2) is 5.25. The number of rotatable bonds is 3. The van der Waals surface area contributed by atoms with Crippen molar-refractivity contribution in [2.45, 2.75) is 12.2 Å². The molecule has 0 amide bonds. The predicted octanol–water partition coefficient (Wildman–Crippen LogP) is 1.27. The van der Waals surface area contributed by atoms with Gasteiger partial charge in [-0.25, -0.2) is 0 Å². The van der Waals surface area contributed by atoms with Crippen LogP contribution in [-0.2, 0) is 12.2 Å². The van der Waals surface area contributed by atoms with Gasteiger partial charge in [0.1, 0.15) is 0 Å². The van der Waals surface area contributed by atoms with Crippen LogP contribution in [0.2, 0.25) is 0 Å². The Bertz CT molecular complexity index is 369. The smallest absolute Gasteiger partial charge is 0.151 e. The Labute approximate surface area is 86.7 Å². The summed E-state index contributed by atoms with van der Waals surface area (Å²) in [4.78, 5) is 4.04.